The highest BCUT2D eigenvalue weighted by Crippen LogP contribution is 2.32. The molecule has 0 amide bonds. The van der Waals surface area contributed by atoms with Crippen LogP contribution in [-0.2, 0) is 10.0 Å². The predicted octanol–water partition coefficient (Wildman–Crippen LogP) is 1.84. The van der Waals surface area contributed by atoms with Crippen LogP contribution in [0.15, 0.2) is 47.4 Å². The number of ether oxygens (including phenoxy) is 2. The molecule has 0 radical (unpaired) electrons. The van der Waals surface area contributed by atoms with Crippen molar-refractivity contribution in [1.29, 1.82) is 0 Å². The van der Waals surface area contributed by atoms with Gasteiger partial charge < -0.3 is 15.2 Å². The summed E-state index contributed by atoms with van der Waals surface area (Å²) in [5, 5.41) is 0. The Bertz CT molecular complexity index is 757. The van der Waals surface area contributed by atoms with Gasteiger partial charge in [0.25, 0.3) is 10.0 Å². The fraction of sp³-hybridized carbons (Fsp3) is 0.143. The van der Waals surface area contributed by atoms with Crippen LogP contribution in [0, 0.1) is 0 Å². The first-order valence-corrected chi connectivity index (χ1v) is 7.81. The standard InChI is InChI=1S/C14H14N2O4S/c15-10-1-3-11(4-2-10)16-21(17,18)12-5-6-13-14(9-12)20-8-7-19-13/h1-6,9,16H,7-8,15H2. The van der Waals surface area contributed by atoms with Gasteiger partial charge in [-0.25, -0.2) is 8.42 Å². The van der Waals surface area contributed by atoms with Crippen LogP contribution < -0.4 is 19.9 Å². The van der Waals surface area contributed by atoms with E-state index in [0.717, 1.165) is 0 Å². The fourth-order valence-electron chi connectivity index (χ4n) is 1.96. The summed E-state index contributed by atoms with van der Waals surface area (Å²) in [5.41, 5.74) is 6.58. The predicted molar refractivity (Wildman–Crippen MR) is 79.1 cm³/mol. The van der Waals surface area contributed by atoms with E-state index >= 15 is 0 Å². The van der Waals surface area contributed by atoms with E-state index in [1.807, 2.05) is 0 Å². The minimum atomic E-state index is -3.69. The van der Waals surface area contributed by atoms with E-state index in [-0.39, 0.29) is 4.90 Å². The normalized spacial score (nSPS) is 13.7. The number of benzene rings is 2. The lowest BCUT2D eigenvalue weighted by Gasteiger charge is -2.19. The zero-order valence-electron chi connectivity index (χ0n) is 11.1. The molecule has 3 N–H and O–H groups in total. The molecule has 0 spiro atoms. The molecule has 0 bridgehead atoms. The summed E-state index contributed by atoms with van der Waals surface area (Å²) < 4.78 is 37.9. The second-order valence-electron chi connectivity index (χ2n) is 4.53. The molecule has 2 aromatic carbocycles. The third-order valence-electron chi connectivity index (χ3n) is 2.99. The summed E-state index contributed by atoms with van der Waals surface area (Å²) >= 11 is 0. The first-order chi connectivity index (χ1) is 10.0. The van der Waals surface area contributed by atoms with Gasteiger partial charge in [-0.2, -0.15) is 0 Å². The zero-order valence-corrected chi connectivity index (χ0v) is 11.9. The third kappa shape index (κ3) is 2.87. The Labute approximate surface area is 122 Å². The van der Waals surface area contributed by atoms with Gasteiger partial charge in [0.05, 0.1) is 4.90 Å². The molecule has 0 aromatic heterocycles. The van der Waals surface area contributed by atoms with E-state index < -0.39 is 10.0 Å². The van der Waals surface area contributed by atoms with Gasteiger partial charge in [0.15, 0.2) is 11.5 Å². The van der Waals surface area contributed by atoms with Gasteiger partial charge in [0.1, 0.15) is 13.2 Å². The Kier molecular flexibility index (Phi) is 3.34. The molecule has 1 heterocycles. The van der Waals surface area contributed by atoms with Crippen molar-refractivity contribution in [3.8, 4) is 11.5 Å². The van der Waals surface area contributed by atoms with E-state index in [0.29, 0.717) is 36.1 Å². The molecule has 110 valence electrons. The van der Waals surface area contributed by atoms with Gasteiger partial charge in [-0.1, -0.05) is 0 Å². The van der Waals surface area contributed by atoms with Crippen LogP contribution in [0.3, 0.4) is 0 Å². The highest BCUT2D eigenvalue weighted by atomic mass is 32.2. The molecule has 21 heavy (non-hydrogen) atoms. The Morgan fingerprint density at radius 3 is 2.33 bits per heavy atom. The monoisotopic (exact) mass is 306 g/mol. The van der Waals surface area contributed by atoms with Crippen LogP contribution in [0.1, 0.15) is 0 Å². The molecule has 1 aliphatic rings. The number of hydrogen-bond donors (Lipinski definition) is 2. The number of rotatable bonds is 3. The van der Waals surface area contributed by atoms with Crippen molar-refractivity contribution in [2.45, 2.75) is 4.90 Å². The Morgan fingerprint density at radius 2 is 1.62 bits per heavy atom. The van der Waals surface area contributed by atoms with Crippen molar-refractivity contribution in [1.82, 2.24) is 0 Å². The number of nitrogens with two attached hydrogens (primary N) is 1. The largest absolute Gasteiger partial charge is 0.486 e. The van der Waals surface area contributed by atoms with Crippen LogP contribution in [-0.4, -0.2) is 21.6 Å². The fourth-order valence-corrected chi connectivity index (χ4v) is 3.03. The number of anilines is 2. The van der Waals surface area contributed by atoms with Gasteiger partial charge in [-0.3, -0.25) is 4.72 Å². The van der Waals surface area contributed by atoms with Gasteiger partial charge in [-0.05, 0) is 36.4 Å². The molecule has 0 saturated heterocycles. The van der Waals surface area contributed by atoms with E-state index in [1.54, 1.807) is 30.3 Å². The smallest absolute Gasteiger partial charge is 0.262 e. The van der Waals surface area contributed by atoms with E-state index in [9.17, 15) is 8.42 Å². The molecule has 7 heteroatoms. The number of sulfonamides is 1. The lowest BCUT2D eigenvalue weighted by atomic mass is 10.3. The quantitative estimate of drug-likeness (QED) is 0.844. The SMILES string of the molecule is Nc1ccc(NS(=O)(=O)c2ccc3c(c2)OCCO3)cc1. The molecule has 0 saturated carbocycles. The summed E-state index contributed by atoms with van der Waals surface area (Å²) in [4.78, 5) is 0.114. The Balaban J connectivity index is 1.89. The van der Waals surface area contributed by atoms with E-state index in [1.165, 1.54) is 12.1 Å². The number of nitrogen functional groups attached to an aromatic ring is 1. The summed E-state index contributed by atoms with van der Waals surface area (Å²) in [5.74, 6) is 0.981. The number of fused-ring (bicyclic) bond motifs is 1. The molecule has 0 fully saturated rings. The average molecular weight is 306 g/mol. The first-order valence-electron chi connectivity index (χ1n) is 6.33. The first kappa shape index (κ1) is 13.6. The molecule has 2 aromatic rings. The maximum atomic E-state index is 12.3. The van der Waals surface area contributed by atoms with Gasteiger partial charge >= 0.3 is 0 Å². The summed E-state index contributed by atoms with van der Waals surface area (Å²) in [6, 6.07) is 11.0. The van der Waals surface area contributed by atoms with Crippen molar-refractivity contribution >= 4 is 21.4 Å². The molecular weight excluding hydrogens is 292 g/mol. The van der Waals surface area contributed by atoms with Gasteiger partial charge in [0, 0.05) is 17.4 Å². The average Bonchev–Trinajstić information content (AvgIpc) is 2.49. The second kappa shape index (κ2) is 5.17. The van der Waals surface area contributed by atoms with Crippen LogP contribution in [0.25, 0.3) is 0 Å². The van der Waals surface area contributed by atoms with Crippen molar-refractivity contribution in [2.75, 3.05) is 23.7 Å². The minimum Gasteiger partial charge on any atom is -0.486 e. The lowest BCUT2D eigenvalue weighted by Crippen LogP contribution is -2.17. The van der Waals surface area contributed by atoms with Gasteiger partial charge in [0.2, 0.25) is 0 Å². The highest BCUT2D eigenvalue weighted by molar-refractivity contribution is 7.92. The number of nitrogens with one attached hydrogen (secondary N) is 1. The molecule has 3 rings (SSSR count). The minimum absolute atomic E-state index is 0.114. The number of hydrogen-bond acceptors (Lipinski definition) is 5. The maximum absolute atomic E-state index is 12.3. The topological polar surface area (TPSA) is 90.7 Å². The lowest BCUT2D eigenvalue weighted by molar-refractivity contribution is 0.171. The zero-order chi connectivity index (χ0) is 14.9. The molecule has 6 nitrogen and oxygen atoms in total. The highest BCUT2D eigenvalue weighted by Gasteiger charge is 2.19. The van der Waals surface area contributed by atoms with E-state index in [4.69, 9.17) is 15.2 Å². The van der Waals surface area contributed by atoms with Gasteiger partial charge in [-0.15, -0.1) is 0 Å². The van der Waals surface area contributed by atoms with Crippen molar-refractivity contribution < 1.29 is 17.9 Å². The van der Waals surface area contributed by atoms with E-state index in [2.05, 4.69) is 4.72 Å². The molecular formula is C14H14N2O4S. The summed E-state index contributed by atoms with van der Waals surface area (Å²) in [7, 11) is -3.69. The second-order valence-corrected chi connectivity index (χ2v) is 6.22. The molecule has 0 aliphatic carbocycles. The summed E-state index contributed by atoms with van der Waals surface area (Å²) in [6.45, 7) is 0.866. The molecule has 1 aliphatic heterocycles. The van der Waals surface area contributed by atoms with Crippen molar-refractivity contribution in [3.05, 3.63) is 42.5 Å². The van der Waals surface area contributed by atoms with Crippen LogP contribution in [0.5, 0.6) is 11.5 Å². The summed E-state index contributed by atoms with van der Waals surface area (Å²) in [6.07, 6.45) is 0. The maximum Gasteiger partial charge on any atom is 0.262 e. The van der Waals surface area contributed by atoms with Crippen molar-refractivity contribution in [3.63, 3.8) is 0 Å². The Hall–Kier alpha value is -2.41. The molecule has 0 unspecified atom stereocenters. The van der Waals surface area contributed by atoms with Crippen molar-refractivity contribution in [2.24, 2.45) is 0 Å². The third-order valence-corrected chi connectivity index (χ3v) is 4.37. The van der Waals surface area contributed by atoms with Crippen LogP contribution in [0.2, 0.25) is 0 Å². The van der Waals surface area contributed by atoms with Crippen LogP contribution >= 0.6 is 0 Å². The van der Waals surface area contributed by atoms with Crippen LogP contribution in [0.4, 0.5) is 11.4 Å². The molecule has 0 atom stereocenters. The Morgan fingerprint density at radius 1 is 0.952 bits per heavy atom.